The molecule has 2 N–H and O–H groups in total. The third kappa shape index (κ3) is 7.12. The average Bonchev–Trinajstić information content (AvgIpc) is 2.79. The van der Waals surface area contributed by atoms with E-state index in [0.29, 0.717) is 12.4 Å². The van der Waals surface area contributed by atoms with Crippen LogP contribution in [0.4, 0.5) is 5.69 Å². The lowest BCUT2D eigenvalue weighted by Crippen LogP contribution is -2.20. The maximum atomic E-state index is 12.1. The van der Waals surface area contributed by atoms with Crippen LogP contribution in [0.1, 0.15) is 29.5 Å². The van der Waals surface area contributed by atoms with E-state index in [1.54, 1.807) is 0 Å². The summed E-state index contributed by atoms with van der Waals surface area (Å²) in [6.45, 7) is 2.35. The predicted molar refractivity (Wildman–Crippen MR) is 122 cm³/mol. The maximum Gasteiger partial charge on any atom is 0.240 e. The molecule has 0 saturated carbocycles. The Morgan fingerprint density at radius 1 is 0.871 bits per heavy atom. The van der Waals surface area contributed by atoms with E-state index >= 15 is 0 Å². The lowest BCUT2D eigenvalue weighted by molar-refractivity contribution is -0.124. The van der Waals surface area contributed by atoms with E-state index in [0.717, 1.165) is 22.4 Å². The molecule has 158 valence electrons. The molecule has 0 unspecified atom stereocenters. The number of carbonyl (C=O) groups excluding carboxylic acids is 2. The van der Waals surface area contributed by atoms with Crippen molar-refractivity contribution in [1.29, 1.82) is 0 Å². The molecule has 6 nitrogen and oxygen atoms in total. The summed E-state index contributed by atoms with van der Waals surface area (Å²) in [5.74, 6) is 0.119. The fourth-order valence-corrected chi connectivity index (χ4v) is 2.84. The summed E-state index contributed by atoms with van der Waals surface area (Å²) in [7, 11) is 0. The van der Waals surface area contributed by atoms with Crippen LogP contribution in [0.2, 0.25) is 0 Å². The first-order valence-electron chi connectivity index (χ1n) is 10.0. The number of hydrogen-bond acceptors (Lipinski definition) is 4. The van der Waals surface area contributed by atoms with Crippen LogP contribution in [0.5, 0.6) is 5.75 Å². The van der Waals surface area contributed by atoms with E-state index in [4.69, 9.17) is 4.74 Å². The summed E-state index contributed by atoms with van der Waals surface area (Å²) < 4.78 is 5.87. The van der Waals surface area contributed by atoms with Gasteiger partial charge in [0.15, 0.2) is 0 Å². The van der Waals surface area contributed by atoms with Crippen molar-refractivity contribution in [2.45, 2.75) is 26.4 Å². The van der Waals surface area contributed by atoms with Crippen LogP contribution < -0.4 is 15.5 Å². The second-order valence-electron chi connectivity index (χ2n) is 6.97. The molecule has 2 amide bonds. The molecule has 0 spiro atoms. The average molecular weight is 415 g/mol. The van der Waals surface area contributed by atoms with Crippen LogP contribution in [-0.2, 0) is 16.2 Å². The lowest BCUT2D eigenvalue weighted by Gasteiger charge is -2.09. The normalized spacial score (nSPS) is 10.6. The highest BCUT2D eigenvalue weighted by Gasteiger charge is 2.08. The van der Waals surface area contributed by atoms with Gasteiger partial charge in [0.05, 0.1) is 6.21 Å². The van der Waals surface area contributed by atoms with Crippen LogP contribution >= 0.6 is 0 Å². The van der Waals surface area contributed by atoms with Gasteiger partial charge in [0.1, 0.15) is 12.4 Å². The van der Waals surface area contributed by atoms with Gasteiger partial charge in [-0.15, -0.1) is 0 Å². The minimum atomic E-state index is -0.334. The standard InChI is InChI=1S/C25H25N3O3/c1-19-9-5-7-13-22(19)27-24(29)15-16-25(30)28-26-17-21-12-6-8-14-23(21)31-18-20-10-3-2-4-11-20/h2-14,17H,15-16,18H2,1H3,(H,27,29)(H,28,30). The summed E-state index contributed by atoms with van der Waals surface area (Å²) in [5.41, 5.74) is 5.98. The van der Waals surface area contributed by atoms with Gasteiger partial charge < -0.3 is 10.1 Å². The number of nitrogens with zero attached hydrogens (tertiary/aromatic N) is 1. The van der Waals surface area contributed by atoms with Crippen molar-refractivity contribution >= 4 is 23.7 Å². The number of rotatable bonds is 9. The Labute approximate surface area is 182 Å². The molecule has 3 aromatic carbocycles. The predicted octanol–water partition coefficient (Wildman–Crippen LogP) is 4.44. The van der Waals surface area contributed by atoms with E-state index in [1.807, 2.05) is 85.8 Å². The highest BCUT2D eigenvalue weighted by Crippen LogP contribution is 2.17. The van der Waals surface area contributed by atoms with Gasteiger partial charge in [0, 0.05) is 24.1 Å². The Bertz CT molecular complexity index is 1050. The van der Waals surface area contributed by atoms with Crippen LogP contribution in [0.3, 0.4) is 0 Å². The van der Waals surface area contributed by atoms with Gasteiger partial charge in [0.25, 0.3) is 0 Å². The first-order chi connectivity index (χ1) is 15.1. The van der Waals surface area contributed by atoms with E-state index in [9.17, 15) is 9.59 Å². The van der Waals surface area contributed by atoms with Crippen LogP contribution in [0.25, 0.3) is 0 Å². The maximum absolute atomic E-state index is 12.1. The molecule has 0 heterocycles. The van der Waals surface area contributed by atoms with Gasteiger partial charge in [-0.1, -0.05) is 60.7 Å². The number of anilines is 1. The van der Waals surface area contributed by atoms with Gasteiger partial charge in [-0.05, 0) is 36.2 Å². The number of hydrogen-bond donors (Lipinski definition) is 2. The van der Waals surface area contributed by atoms with Crippen molar-refractivity contribution in [3.63, 3.8) is 0 Å². The van der Waals surface area contributed by atoms with Crippen molar-refractivity contribution in [1.82, 2.24) is 5.43 Å². The summed E-state index contributed by atoms with van der Waals surface area (Å²) in [6, 6.07) is 24.8. The van der Waals surface area contributed by atoms with Gasteiger partial charge >= 0.3 is 0 Å². The van der Waals surface area contributed by atoms with E-state index in [2.05, 4.69) is 15.8 Å². The number of amides is 2. The molecule has 0 aliphatic heterocycles. The quantitative estimate of drug-likeness (QED) is 0.400. The highest BCUT2D eigenvalue weighted by atomic mass is 16.5. The zero-order valence-electron chi connectivity index (χ0n) is 17.4. The van der Waals surface area contributed by atoms with Gasteiger partial charge in [-0.2, -0.15) is 5.10 Å². The van der Waals surface area contributed by atoms with E-state index < -0.39 is 0 Å². The van der Waals surface area contributed by atoms with Crippen LogP contribution in [0.15, 0.2) is 84.0 Å². The number of benzene rings is 3. The van der Waals surface area contributed by atoms with Crippen molar-refractivity contribution < 1.29 is 14.3 Å². The fourth-order valence-electron chi connectivity index (χ4n) is 2.84. The number of carbonyl (C=O) groups is 2. The minimum Gasteiger partial charge on any atom is -0.488 e. The van der Waals surface area contributed by atoms with E-state index in [-0.39, 0.29) is 24.7 Å². The molecule has 0 saturated heterocycles. The number of nitrogens with one attached hydrogen (secondary N) is 2. The molecule has 0 fully saturated rings. The Morgan fingerprint density at radius 2 is 1.55 bits per heavy atom. The van der Waals surface area contributed by atoms with Crippen LogP contribution in [-0.4, -0.2) is 18.0 Å². The molecular formula is C25H25N3O3. The molecule has 0 radical (unpaired) electrons. The molecule has 3 aromatic rings. The molecule has 3 rings (SSSR count). The zero-order chi connectivity index (χ0) is 21.9. The molecule has 0 atom stereocenters. The fraction of sp³-hybridized carbons (Fsp3) is 0.160. The monoisotopic (exact) mass is 415 g/mol. The molecule has 0 aliphatic rings. The van der Waals surface area contributed by atoms with Crippen LogP contribution in [0, 0.1) is 6.92 Å². The third-order valence-electron chi connectivity index (χ3n) is 4.55. The summed E-state index contributed by atoms with van der Waals surface area (Å²) in [6.07, 6.45) is 1.65. The molecule has 31 heavy (non-hydrogen) atoms. The van der Waals surface area contributed by atoms with Gasteiger partial charge in [-0.3, -0.25) is 9.59 Å². The molecule has 0 aliphatic carbocycles. The number of ether oxygens (including phenoxy) is 1. The first kappa shape index (κ1) is 21.8. The van der Waals surface area contributed by atoms with Gasteiger partial charge in [-0.25, -0.2) is 5.43 Å². The summed E-state index contributed by atoms with van der Waals surface area (Å²) in [4.78, 5) is 24.1. The van der Waals surface area contributed by atoms with Crippen molar-refractivity contribution in [2.24, 2.45) is 5.10 Å². The topological polar surface area (TPSA) is 79.8 Å². The Morgan fingerprint density at radius 3 is 2.35 bits per heavy atom. The Hall–Kier alpha value is -3.93. The molecule has 6 heteroatoms. The lowest BCUT2D eigenvalue weighted by atomic mass is 10.2. The van der Waals surface area contributed by atoms with Crippen molar-refractivity contribution in [3.8, 4) is 5.75 Å². The largest absolute Gasteiger partial charge is 0.488 e. The Kier molecular flexibility index (Phi) is 7.94. The number of para-hydroxylation sites is 2. The first-order valence-corrected chi connectivity index (χ1v) is 10.0. The molecular weight excluding hydrogens is 390 g/mol. The zero-order valence-corrected chi connectivity index (χ0v) is 17.4. The molecule has 0 aromatic heterocycles. The third-order valence-corrected chi connectivity index (χ3v) is 4.55. The van der Waals surface area contributed by atoms with E-state index in [1.165, 1.54) is 6.21 Å². The van der Waals surface area contributed by atoms with Crippen molar-refractivity contribution in [2.75, 3.05) is 5.32 Å². The second kappa shape index (κ2) is 11.3. The minimum absolute atomic E-state index is 0.0429. The summed E-state index contributed by atoms with van der Waals surface area (Å²) in [5, 5.41) is 6.81. The molecule has 0 bridgehead atoms. The van der Waals surface area contributed by atoms with Gasteiger partial charge in [0.2, 0.25) is 11.8 Å². The highest BCUT2D eigenvalue weighted by molar-refractivity contribution is 5.94. The second-order valence-corrected chi connectivity index (χ2v) is 6.97. The van der Waals surface area contributed by atoms with Crippen molar-refractivity contribution in [3.05, 3.63) is 95.6 Å². The SMILES string of the molecule is Cc1ccccc1NC(=O)CCC(=O)NN=Cc1ccccc1OCc1ccccc1. The summed E-state index contributed by atoms with van der Waals surface area (Å²) >= 11 is 0. The number of hydrazone groups is 1. The smallest absolute Gasteiger partial charge is 0.240 e. The Balaban J connectivity index is 1.46. The number of aryl methyl sites for hydroxylation is 1.